The third kappa shape index (κ3) is 3.46. The Morgan fingerprint density at radius 3 is 2.68 bits per heavy atom. The predicted octanol–water partition coefficient (Wildman–Crippen LogP) is 2.10. The average Bonchev–Trinajstić information content (AvgIpc) is 2.46. The van der Waals surface area contributed by atoms with E-state index in [0.29, 0.717) is 6.42 Å². The highest BCUT2D eigenvalue weighted by Crippen LogP contribution is 2.19. The van der Waals surface area contributed by atoms with E-state index in [-0.39, 0.29) is 24.4 Å². The van der Waals surface area contributed by atoms with Crippen LogP contribution in [0, 0.1) is 0 Å². The van der Waals surface area contributed by atoms with Crippen LogP contribution in [0.15, 0.2) is 42.5 Å². The summed E-state index contributed by atoms with van der Waals surface area (Å²) in [6.45, 7) is -0.105. The summed E-state index contributed by atoms with van der Waals surface area (Å²) in [7, 11) is 0. The van der Waals surface area contributed by atoms with Crippen LogP contribution in [0.1, 0.15) is 5.56 Å². The van der Waals surface area contributed by atoms with Gasteiger partial charge in [0.05, 0.1) is 12.6 Å². The van der Waals surface area contributed by atoms with Crippen molar-refractivity contribution in [2.75, 3.05) is 12.5 Å². The lowest BCUT2D eigenvalue weighted by molar-refractivity contribution is -0.119. The number of nitrogens with one attached hydrogen (secondary N) is 1. The SMILES string of the molecule is O=C(CCl)NC(CO)Cc1cccc2ccccc12. The molecule has 0 aromatic heterocycles. The number of benzene rings is 2. The van der Waals surface area contributed by atoms with Crippen molar-refractivity contribution in [3.05, 3.63) is 48.0 Å². The second kappa shape index (κ2) is 6.55. The molecule has 0 heterocycles. The molecule has 4 heteroatoms. The van der Waals surface area contributed by atoms with E-state index >= 15 is 0 Å². The van der Waals surface area contributed by atoms with Crippen LogP contribution >= 0.6 is 11.6 Å². The largest absolute Gasteiger partial charge is 0.394 e. The first-order valence-corrected chi connectivity index (χ1v) is 6.71. The van der Waals surface area contributed by atoms with Crippen molar-refractivity contribution in [1.29, 1.82) is 0 Å². The first-order chi connectivity index (χ1) is 9.24. The van der Waals surface area contributed by atoms with Crippen LogP contribution in [0.4, 0.5) is 0 Å². The maximum Gasteiger partial charge on any atom is 0.235 e. The molecule has 1 atom stereocenters. The lowest BCUT2D eigenvalue weighted by Crippen LogP contribution is -2.39. The van der Waals surface area contributed by atoms with E-state index in [9.17, 15) is 9.90 Å². The number of hydrogen-bond donors (Lipinski definition) is 2. The van der Waals surface area contributed by atoms with E-state index < -0.39 is 0 Å². The molecule has 0 bridgehead atoms. The normalized spacial score (nSPS) is 12.3. The number of amides is 1. The zero-order valence-electron chi connectivity index (χ0n) is 10.5. The van der Waals surface area contributed by atoms with Gasteiger partial charge in [-0.25, -0.2) is 0 Å². The number of alkyl halides is 1. The quantitative estimate of drug-likeness (QED) is 0.823. The van der Waals surface area contributed by atoms with E-state index in [2.05, 4.69) is 5.32 Å². The highest BCUT2D eigenvalue weighted by atomic mass is 35.5. The summed E-state index contributed by atoms with van der Waals surface area (Å²) in [5, 5.41) is 14.3. The molecule has 100 valence electrons. The zero-order valence-corrected chi connectivity index (χ0v) is 11.2. The molecule has 2 N–H and O–H groups in total. The fraction of sp³-hybridized carbons (Fsp3) is 0.267. The number of hydrogen-bond acceptors (Lipinski definition) is 2. The molecule has 19 heavy (non-hydrogen) atoms. The van der Waals surface area contributed by atoms with Gasteiger partial charge in [-0.1, -0.05) is 42.5 Å². The minimum absolute atomic E-state index is 0.0912. The molecule has 3 nitrogen and oxygen atoms in total. The summed E-state index contributed by atoms with van der Waals surface area (Å²) in [5.41, 5.74) is 1.10. The Labute approximate surface area is 117 Å². The van der Waals surface area contributed by atoms with E-state index in [1.165, 1.54) is 0 Å². The smallest absolute Gasteiger partial charge is 0.235 e. The van der Waals surface area contributed by atoms with Crippen molar-refractivity contribution in [1.82, 2.24) is 5.32 Å². The summed E-state index contributed by atoms with van der Waals surface area (Å²) in [6, 6.07) is 13.8. The van der Waals surface area contributed by atoms with E-state index in [4.69, 9.17) is 11.6 Å². The Bertz CT molecular complexity index is 566. The number of carbonyl (C=O) groups excluding carboxylic acids is 1. The Balaban J connectivity index is 2.22. The molecular formula is C15H16ClNO2. The van der Waals surface area contributed by atoms with Gasteiger partial charge < -0.3 is 10.4 Å². The van der Waals surface area contributed by atoms with Gasteiger partial charge in [0.2, 0.25) is 5.91 Å². The first kappa shape index (κ1) is 13.8. The molecule has 0 saturated heterocycles. The first-order valence-electron chi connectivity index (χ1n) is 6.17. The minimum atomic E-state index is -0.308. The number of carbonyl (C=O) groups is 1. The van der Waals surface area contributed by atoms with Crippen molar-refractivity contribution < 1.29 is 9.90 Å². The molecule has 0 saturated carbocycles. The van der Waals surface area contributed by atoms with Crippen LogP contribution in [-0.2, 0) is 11.2 Å². The highest BCUT2D eigenvalue weighted by molar-refractivity contribution is 6.27. The molecule has 1 amide bonds. The number of fused-ring (bicyclic) bond motifs is 1. The molecule has 2 rings (SSSR count). The van der Waals surface area contributed by atoms with Gasteiger partial charge in [-0.3, -0.25) is 4.79 Å². The van der Waals surface area contributed by atoms with Crippen LogP contribution < -0.4 is 5.32 Å². The van der Waals surface area contributed by atoms with Gasteiger partial charge in [0.25, 0.3) is 0 Å². The molecule has 0 aliphatic carbocycles. The molecule has 0 aliphatic rings. The topological polar surface area (TPSA) is 49.3 Å². The van der Waals surface area contributed by atoms with E-state index in [1.54, 1.807) is 0 Å². The van der Waals surface area contributed by atoms with Crippen molar-refractivity contribution in [3.8, 4) is 0 Å². The van der Waals surface area contributed by atoms with Crippen LogP contribution in [0.2, 0.25) is 0 Å². The lowest BCUT2D eigenvalue weighted by Gasteiger charge is -2.16. The summed E-state index contributed by atoms with van der Waals surface area (Å²) in [6.07, 6.45) is 0.584. The fourth-order valence-corrected chi connectivity index (χ4v) is 2.24. The number of halogens is 1. The number of aliphatic hydroxyl groups excluding tert-OH is 1. The van der Waals surface area contributed by atoms with Gasteiger partial charge in [0.1, 0.15) is 5.88 Å². The molecule has 0 radical (unpaired) electrons. The van der Waals surface area contributed by atoms with Gasteiger partial charge in [-0.2, -0.15) is 0 Å². The zero-order chi connectivity index (χ0) is 13.7. The minimum Gasteiger partial charge on any atom is -0.394 e. The molecule has 0 fully saturated rings. The number of rotatable bonds is 5. The highest BCUT2D eigenvalue weighted by Gasteiger charge is 2.12. The maximum absolute atomic E-state index is 11.3. The Morgan fingerprint density at radius 2 is 1.95 bits per heavy atom. The molecule has 0 spiro atoms. The second-order valence-corrected chi connectivity index (χ2v) is 4.69. The fourth-order valence-electron chi connectivity index (χ4n) is 2.16. The van der Waals surface area contributed by atoms with Crippen LogP contribution in [0.3, 0.4) is 0 Å². The maximum atomic E-state index is 11.3. The van der Waals surface area contributed by atoms with Crippen LogP contribution in [0.5, 0.6) is 0 Å². The Morgan fingerprint density at radius 1 is 1.21 bits per heavy atom. The summed E-state index contributed by atoms with van der Waals surface area (Å²) in [5.74, 6) is -0.354. The van der Waals surface area contributed by atoms with Crippen molar-refractivity contribution in [2.24, 2.45) is 0 Å². The molecule has 2 aromatic carbocycles. The van der Waals surface area contributed by atoms with Crippen molar-refractivity contribution in [3.63, 3.8) is 0 Å². The van der Waals surface area contributed by atoms with Gasteiger partial charge in [-0.15, -0.1) is 11.6 Å². The summed E-state index contributed by atoms with van der Waals surface area (Å²) in [4.78, 5) is 11.3. The molecule has 1 unspecified atom stereocenters. The lowest BCUT2D eigenvalue weighted by atomic mass is 9.99. The average molecular weight is 278 g/mol. The standard InChI is InChI=1S/C15H16ClNO2/c16-9-15(19)17-13(10-18)8-12-6-3-5-11-4-1-2-7-14(11)12/h1-7,13,18H,8-10H2,(H,17,19). The van der Waals surface area contributed by atoms with Crippen molar-refractivity contribution >= 4 is 28.3 Å². The second-order valence-electron chi connectivity index (χ2n) is 4.42. The molecular weight excluding hydrogens is 262 g/mol. The summed E-state index contributed by atoms with van der Waals surface area (Å²) < 4.78 is 0. The van der Waals surface area contributed by atoms with Gasteiger partial charge in [0.15, 0.2) is 0 Å². The number of aliphatic hydroxyl groups is 1. The molecule has 0 aliphatic heterocycles. The Hall–Kier alpha value is -1.58. The van der Waals surface area contributed by atoms with E-state index in [0.717, 1.165) is 16.3 Å². The van der Waals surface area contributed by atoms with Crippen LogP contribution in [-0.4, -0.2) is 29.5 Å². The van der Waals surface area contributed by atoms with Crippen LogP contribution in [0.25, 0.3) is 10.8 Å². The third-order valence-corrected chi connectivity index (χ3v) is 3.30. The van der Waals surface area contributed by atoms with Gasteiger partial charge in [-0.05, 0) is 22.8 Å². The van der Waals surface area contributed by atoms with Gasteiger partial charge >= 0.3 is 0 Å². The summed E-state index contributed by atoms with van der Waals surface area (Å²) >= 11 is 5.46. The molecule has 2 aromatic rings. The van der Waals surface area contributed by atoms with Crippen molar-refractivity contribution in [2.45, 2.75) is 12.5 Å². The monoisotopic (exact) mass is 277 g/mol. The Kier molecular flexibility index (Phi) is 4.77. The van der Waals surface area contributed by atoms with Gasteiger partial charge in [0, 0.05) is 0 Å². The predicted molar refractivity (Wildman–Crippen MR) is 77.4 cm³/mol. The van der Waals surface area contributed by atoms with E-state index in [1.807, 2.05) is 42.5 Å². The third-order valence-electron chi connectivity index (χ3n) is 3.05.